The molecule has 0 aromatic carbocycles. The Hall–Kier alpha value is -2.02. The number of hydrogen-bond acceptors (Lipinski definition) is 6. The van der Waals surface area contributed by atoms with E-state index in [-0.39, 0.29) is 18.7 Å². The molecule has 0 unspecified atom stereocenters. The number of hydrogen-bond donors (Lipinski definition) is 2. The van der Waals surface area contributed by atoms with Crippen LogP contribution in [0.5, 0.6) is 0 Å². The zero-order chi connectivity index (χ0) is 12.7. The number of ether oxygens (including phenoxy) is 1. The second-order valence-electron chi connectivity index (χ2n) is 3.10. The predicted octanol–water partition coefficient (Wildman–Crippen LogP) is -0.173. The number of carboxylic acid groups (broad SMARTS) is 1. The molecule has 7 heteroatoms. The number of rotatable bonds is 6. The van der Waals surface area contributed by atoms with Gasteiger partial charge in [-0.1, -0.05) is 0 Å². The van der Waals surface area contributed by atoms with Gasteiger partial charge in [0.15, 0.2) is 0 Å². The van der Waals surface area contributed by atoms with Crippen LogP contribution >= 0.6 is 0 Å². The van der Waals surface area contributed by atoms with Crippen LogP contribution in [0.2, 0.25) is 0 Å². The quantitative estimate of drug-likeness (QED) is 0.664. The summed E-state index contributed by atoms with van der Waals surface area (Å²) in [5.41, 5.74) is 0.348. The van der Waals surface area contributed by atoms with E-state index in [0.29, 0.717) is 12.3 Å². The van der Waals surface area contributed by atoms with Gasteiger partial charge >= 0.3 is 11.9 Å². The van der Waals surface area contributed by atoms with E-state index >= 15 is 0 Å². The molecule has 1 aromatic heterocycles. The first-order valence-corrected chi connectivity index (χ1v) is 5.03. The Morgan fingerprint density at radius 2 is 2.29 bits per heavy atom. The molecule has 0 amide bonds. The standard InChI is InChI=1S/C10H13N3O4/c1-2-17-9(14)5-11-4-8-7(10(15)16)3-12-6-13-8/h3,6,11H,2,4-5H2,1H3,(H,15,16). The second kappa shape index (κ2) is 6.54. The summed E-state index contributed by atoms with van der Waals surface area (Å²) in [5.74, 6) is -1.49. The van der Waals surface area contributed by atoms with Crippen molar-refractivity contribution < 1.29 is 19.4 Å². The van der Waals surface area contributed by atoms with Crippen LogP contribution in [0.25, 0.3) is 0 Å². The zero-order valence-corrected chi connectivity index (χ0v) is 9.34. The Bertz CT molecular complexity index is 408. The maximum Gasteiger partial charge on any atom is 0.339 e. The molecule has 0 fully saturated rings. The molecule has 0 aliphatic rings. The molecule has 0 saturated carbocycles. The van der Waals surface area contributed by atoms with Crippen molar-refractivity contribution in [3.63, 3.8) is 0 Å². The van der Waals surface area contributed by atoms with Gasteiger partial charge in [0.1, 0.15) is 11.9 Å². The highest BCUT2D eigenvalue weighted by atomic mass is 16.5. The van der Waals surface area contributed by atoms with Crippen molar-refractivity contribution in [3.8, 4) is 0 Å². The van der Waals surface area contributed by atoms with Gasteiger partial charge in [0.05, 0.1) is 18.8 Å². The van der Waals surface area contributed by atoms with Crippen LogP contribution in [-0.2, 0) is 16.1 Å². The summed E-state index contributed by atoms with van der Waals surface area (Å²) < 4.78 is 4.71. The fourth-order valence-corrected chi connectivity index (χ4v) is 1.17. The molecule has 0 spiro atoms. The number of esters is 1. The van der Waals surface area contributed by atoms with Gasteiger partial charge in [-0.3, -0.25) is 4.79 Å². The summed E-state index contributed by atoms with van der Waals surface area (Å²) in [6.45, 7) is 2.21. The lowest BCUT2D eigenvalue weighted by atomic mass is 10.2. The van der Waals surface area contributed by atoms with Crippen molar-refractivity contribution in [2.24, 2.45) is 0 Å². The SMILES string of the molecule is CCOC(=O)CNCc1ncncc1C(=O)O. The van der Waals surface area contributed by atoms with Gasteiger partial charge in [-0.2, -0.15) is 0 Å². The van der Waals surface area contributed by atoms with E-state index in [2.05, 4.69) is 15.3 Å². The summed E-state index contributed by atoms with van der Waals surface area (Å²) in [5, 5.41) is 11.6. The molecular formula is C10H13N3O4. The molecule has 1 heterocycles. The van der Waals surface area contributed by atoms with E-state index in [4.69, 9.17) is 9.84 Å². The molecule has 92 valence electrons. The fraction of sp³-hybridized carbons (Fsp3) is 0.400. The van der Waals surface area contributed by atoms with Gasteiger partial charge in [0.2, 0.25) is 0 Å². The average Bonchev–Trinajstić information content (AvgIpc) is 2.30. The maximum absolute atomic E-state index is 11.0. The summed E-state index contributed by atoms with van der Waals surface area (Å²) in [7, 11) is 0. The van der Waals surface area contributed by atoms with Crippen LogP contribution < -0.4 is 5.32 Å². The van der Waals surface area contributed by atoms with E-state index in [1.54, 1.807) is 6.92 Å². The van der Waals surface area contributed by atoms with Crippen LogP contribution in [0.15, 0.2) is 12.5 Å². The first kappa shape index (κ1) is 13.0. The molecule has 7 nitrogen and oxygen atoms in total. The largest absolute Gasteiger partial charge is 0.478 e. The Labute approximate surface area is 97.8 Å². The second-order valence-corrected chi connectivity index (χ2v) is 3.10. The van der Waals surface area contributed by atoms with E-state index in [1.807, 2.05) is 0 Å². The van der Waals surface area contributed by atoms with Crippen molar-refractivity contribution in [3.05, 3.63) is 23.8 Å². The fourth-order valence-electron chi connectivity index (χ4n) is 1.17. The smallest absolute Gasteiger partial charge is 0.339 e. The van der Waals surface area contributed by atoms with Gasteiger partial charge in [-0.15, -0.1) is 0 Å². The number of carboxylic acids is 1. The topological polar surface area (TPSA) is 101 Å². The van der Waals surface area contributed by atoms with E-state index < -0.39 is 11.9 Å². The Morgan fingerprint density at radius 3 is 2.94 bits per heavy atom. The number of carbonyl (C=O) groups is 2. The highest BCUT2D eigenvalue weighted by Gasteiger charge is 2.11. The van der Waals surface area contributed by atoms with Crippen molar-refractivity contribution in [2.45, 2.75) is 13.5 Å². The molecule has 0 bridgehead atoms. The van der Waals surface area contributed by atoms with Crippen molar-refractivity contribution in [1.82, 2.24) is 15.3 Å². The summed E-state index contributed by atoms with van der Waals surface area (Å²) in [6, 6.07) is 0. The minimum absolute atomic E-state index is 0.0108. The van der Waals surface area contributed by atoms with Crippen molar-refractivity contribution >= 4 is 11.9 Å². The molecule has 0 aliphatic carbocycles. The van der Waals surface area contributed by atoms with Crippen LogP contribution in [0.1, 0.15) is 23.0 Å². The third-order valence-corrected chi connectivity index (χ3v) is 1.89. The van der Waals surface area contributed by atoms with Gasteiger partial charge in [0.25, 0.3) is 0 Å². The maximum atomic E-state index is 11.0. The summed E-state index contributed by atoms with van der Waals surface area (Å²) >= 11 is 0. The third-order valence-electron chi connectivity index (χ3n) is 1.89. The Balaban J connectivity index is 2.52. The molecule has 2 N–H and O–H groups in total. The molecule has 0 radical (unpaired) electrons. The van der Waals surface area contributed by atoms with E-state index in [1.165, 1.54) is 12.5 Å². The molecule has 1 rings (SSSR count). The number of aromatic carboxylic acids is 1. The number of aromatic nitrogens is 2. The van der Waals surface area contributed by atoms with Crippen molar-refractivity contribution in [1.29, 1.82) is 0 Å². The molecule has 0 atom stereocenters. The first-order valence-electron chi connectivity index (χ1n) is 5.03. The van der Waals surface area contributed by atoms with E-state index in [9.17, 15) is 9.59 Å². The van der Waals surface area contributed by atoms with E-state index in [0.717, 1.165) is 0 Å². The minimum atomic E-state index is -1.10. The monoisotopic (exact) mass is 239 g/mol. The molecule has 17 heavy (non-hydrogen) atoms. The zero-order valence-electron chi connectivity index (χ0n) is 9.34. The lowest BCUT2D eigenvalue weighted by Gasteiger charge is -2.05. The molecule has 1 aromatic rings. The van der Waals surface area contributed by atoms with Crippen LogP contribution in [0.4, 0.5) is 0 Å². The predicted molar refractivity (Wildman–Crippen MR) is 57.3 cm³/mol. The van der Waals surface area contributed by atoms with Gasteiger partial charge in [-0.25, -0.2) is 14.8 Å². The lowest BCUT2D eigenvalue weighted by molar-refractivity contribution is -0.142. The van der Waals surface area contributed by atoms with Crippen molar-refractivity contribution in [2.75, 3.05) is 13.2 Å². The van der Waals surface area contributed by atoms with Crippen LogP contribution in [0, 0.1) is 0 Å². The molecule has 0 saturated heterocycles. The highest BCUT2D eigenvalue weighted by molar-refractivity contribution is 5.88. The first-order chi connectivity index (χ1) is 8.15. The molecule has 0 aliphatic heterocycles. The number of carbonyl (C=O) groups excluding carboxylic acids is 1. The minimum Gasteiger partial charge on any atom is -0.478 e. The normalized spacial score (nSPS) is 9.94. The number of nitrogens with one attached hydrogen (secondary N) is 1. The molecular weight excluding hydrogens is 226 g/mol. The highest BCUT2D eigenvalue weighted by Crippen LogP contribution is 2.02. The number of nitrogens with zero attached hydrogens (tertiary/aromatic N) is 2. The van der Waals surface area contributed by atoms with Gasteiger partial charge in [0, 0.05) is 12.7 Å². The van der Waals surface area contributed by atoms with Gasteiger partial charge in [-0.05, 0) is 6.92 Å². The summed E-state index contributed by atoms with van der Waals surface area (Å²) in [6.07, 6.45) is 2.48. The van der Waals surface area contributed by atoms with Crippen LogP contribution in [0.3, 0.4) is 0 Å². The van der Waals surface area contributed by atoms with Crippen LogP contribution in [-0.4, -0.2) is 40.2 Å². The lowest BCUT2D eigenvalue weighted by Crippen LogP contribution is -2.25. The van der Waals surface area contributed by atoms with Gasteiger partial charge < -0.3 is 15.2 Å². The average molecular weight is 239 g/mol. The third kappa shape index (κ3) is 4.15. The summed E-state index contributed by atoms with van der Waals surface area (Å²) in [4.78, 5) is 29.3. The Kier molecular flexibility index (Phi) is 5.02. The Morgan fingerprint density at radius 1 is 1.53 bits per heavy atom.